The minimum atomic E-state index is 0.437. The highest BCUT2D eigenvalue weighted by molar-refractivity contribution is 7.11. The van der Waals surface area contributed by atoms with E-state index >= 15 is 0 Å². The van der Waals surface area contributed by atoms with Crippen LogP contribution in [-0.2, 0) is 4.74 Å². The van der Waals surface area contributed by atoms with Crippen molar-refractivity contribution in [3.63, 3.8) is 0 Å². The highest BCUT2D eigenvalue weighted by Gasteiger charge is 2.11. The van der Waals surface area contributed by atoms with E-state index in [4.69, 9.17) is 15.2 Å². The molecule has 3 N–H and O–H groups in total. The molecule has 0 radical (unpaired) electrons. The molecule has 0 amide bonds. The second-order valence-corrected chi connectivity index (χ2v) is 4.05. The van der Waals surface area contributed by atoms with Crippen molar-refractivity contribution in [1.82, 2.24) is 4.37 Å². The molecule has 0 spiro atoms. The summed E-state index contributed by atoms with van der Waals surface area (Å²) in [6, 6.07) is 0. The molecule has 0 bridgehead atoms. The fourth-order valence-corrected chi connectivity index (χ4v) is 1.88. The minimum Gasteiger partial charge on any atom is -0.487 e. The van der Waals surface area contributed by atoms with Gasteiger partial charge in [-0.25, -0.2) is 0 Å². The van der Waals surface area contributed by atoms with Crippen molar-refractivity contribution >= 4 is 22.4 Å². The maximum atomic E-state index is 5.69. The van der Waals surface area contributed by atoms with Gasteiger partial charge >= 0.3 is 0 Å². The first-order valence-electron chi connectivity index (χ1n) is 5.60. The second kappa shape index (κ2) is 7.92. The molecule has 1 rings (SSSR count). The minimum absolute atomic E-state index is 0.437. The molecule has 0 saturated heterocycles. The maximum Gasteiger partial charge on any atom is 0.197 e. The molecule has 0 atom stereocenters. The lowest BCUT2D eigenvalue weighted by atomic mass is 10.4. The van der Waals surface area contributed by atoms with Gasteiger partial charge in [-0.3, -0.25) is 0 Å². The van der Waals surface area contributed by atoms with E-state index in [0.29, 0.717) is 37.9 Å². The topological polar surface area (TPSA) is 69.4 Å². The summed E-state index contributed by atoms with van der Waals surface area (Å²) in [5.41, 5.74) is 5.69. The molecule has 0 unspecified atom stereocenters. The molecule has 5 nitrogen and oxygen atoms in total. The van der Waals surface area contributed by atoms with Gasteiger partial charge in [-0.2, -0.15) is 4.37 Å². The third-order valence-electron chi connectivity index (χ3n) is 1.96. The molecule has 0 aliphatic heterocycles. The zero-order valence-electron chi connectivity index (χ0n) is 10.1. The van der Waals surface area contributed by atoms with Crippen LogP contribution in [0.4, 0.5) is 10.8 Å². The lowest BCUT2D eigenvalue weighted by Crippen LogP contribution is -2.10. The van der Waals surface area contributed by atoms with Crippen LogP contribution in [-0.4, -0.2) is 30.7 Å². The van der Waals surface area contributed by atoms with Crippen molar-refractivity contribution in [2.24, 2.45) is 0 Å². The van der Waals surface area contributed by atoms with E-state index in [2.05, 4.69) is 16.3 Å². The number of nitrogens with one attached hydrogen (secondary N) is 1. The van der Waals surface area contributed by atoms with Gasteiger partial charge in [-0.1, -0.05) is 6.08 Å². The van der Waals surface area contributed by atoms with Gasteiger partial charge in [0.2, 0.25) is 0 Å². The molecule has 1 heterocycles. The van der Waals surface area contributed by atoms with Crippen LogP contribution in [0.5, 0.6) is 5.75 Å². The van der Waals surface area contributed by atoms with E-state index in [-0.39, 0.29) is 0 Å². The SMILES string of the molecule is C=CCCOCCNc1snc(N)c1OCC. The van der Waals surface area contributed by atoms with E-state index in [1.807, 2.05) is 13.0 Å². The van der Waals surface area contributed by atoms with Gasteiger partial charge < -0.3 is 20.5 Å². The highest BCUT2D eigenvalue weighted by atomic mass is 32.1. The number of anilines is 2. The standard InChI is InChI=1S/C11H19N3O2S/c1-3-5-7-15-8-6-13-11-9(16-4-2)10(12)14-17-11/h3,13H,1,4-8H2,2H3,(H2,12,14). The normalized spacial score (nSPS) is 10.2. The Balaban J connectivity index is 2.28. The van der Waals surface area contributed by atoms with E-state index in [1.165, 1.54) is 11.5 Å². The summed E-state index contributed by atoms with van der Waals surface area (Å²) in [6.45, 7) is 8.17. The molecule has 96 valence electrons. The Hall–Kier alpha value is -1.27. The Bertz CT molecular complexity index is 341. The first-order valence-corrected chi connectivity index (χ1v) is 6.37. The van der Waals surface area contributed by atoms with Crippen LogP contribution < -0.4 is 15.8 Å². The van der Waals surface area contributed by atoms with Crippen molar-refractivity contribution in [1.29, 1.82) is 0 Å². The molecular weight excluding hydrogens is 238 g/mol. The number of hydrogen-bond acceptors (Lipinski definition) is 6. The molecular formula is C11H19N3O2S. The predicted molar refractivity (Wildman–Crippen MR) is 71.8 cm³/mol. The molecule has 0 aliphatic rings. The Morgan fingerprint density at radius 1 is 1.53 bits per heavy atom. The van der Waals surface area contributed by atoms with Gasteiger partial charge in [0.15, 0.2) is 16.6 Å². The van der Waals surface area contributed by atoms with Crippen LogP contribution >= 0.6 is 11.5 Å². The van der Waals surface area contributed by atoms with E-state index < -0.39 is 0 Å². The van der Waals surface area contributed by atoms with Crippen LogP contribution in [0.1, 0.15) is 13.3 Å². The molecule has 0 aliphatic carbocycles. The Labute approximate surface area is 106 Å². The summed E-state index contributed by atoms with van der Waals surface area (Å²) in [5, 5.41) is 4.05. The van der Waals surface area contributed by atoms with Crippen molar-refractivity contribution in [3.05, 3.63) is 12.7 Å². The van der Waals surface area contributed by atoms with Crippen LogP contribution in [0, 0.1) is 0 Å². The van der Waals surface area contributed by atoms with Crippen LogP contribution in [0.2, 0.25) is 0 Å². The predicted octanol–water partition coefficient (Wildman–Crippen LogP) is 2.13. The van der Waals surface area contributed by atoms with Crippen molar-refractivity contribution in [2.45, 2.75) is 13.3 Å². The highest BCUT2D eigenvalue weighted by Crippen LogP contribution is 2.34. The largest absolute Gasteiger partial charge is 0.487 e. The Kier molecular flexibility index (Phi) is 6.42. The van der Waals surface area contributed by atoms with Crippen LogP contribution in [0.3, 0.4) is 0 Å². The molecule has 1 aromatic rings. The van der Waals surface area contributed by atoms with Crippen LogP contribution in [0.25, 0.3) is 0 Å². The fraction of sp³-hybridized carbons (Fsp3) is 0.545. The maximum absolute atomic E-state index is 5.69. The lowest BCUT2D eigenvalue weighted by Gasteiger charge is -2.07. The molecule has 0 fully saturated rings. The van der Waals surface area contributed by atoms with E-state index in [1.54, 1.807) is 0 Å². The van der Waals surface area contributed by atoms with Crippen molar-refractivity contribution in [2.75, 3.05) is 37.4 Å². The molecule has 0 aromatic carbocycles. The number of rotatable bonds is 9. The number of nitrogens with zero attached hydrogens (tertiary/aromatic N) is 1. The molecule has 1 aromatic heterocycles. The summed E-state index contributed by atoms with van der Waals surface area (Å²) >= 11 is 1.30. The van der Waals surface area contributed by atoms with Gasteiger partial charge in [0, 0.05) is 6.54 Å². The first kappa shape index (κ1) is 13.8. The average Bonchev–Trinajstić information content (AvgIpc) is 2.66. The van der Waals surface area contributed by atoms with Gasteiger partial charge in [0.1, 0.15) is 0 Å². The summed E-state index contributed by atoms with van der Waals surface area (Å²) in [5.74, 6) is 1.08. The first-order chi connectivity index (χ1) is 8.29. The summed E-state index contributed by atoms with van der Waals surface area (Å²) in [4.78, 5) is 0. The Morgan fingerprint density at radius 3 is 3.06 bits per heavy atom. The third-order valence-corrected chi connectivity index (χ3v) is 2.76. The summed E-state index contributed by atoms with van der Waals surface area (Å²) in [6.07, 6.45) is 2.71. The second-order valence-electron chi connectivity index (χ2n) is 3.28. The van der Waals surface area contributed by atoms with Crippen molar-refractivity contribution < 1.29 is 9.47 Å². The van der Waals surface area contributed by atoms with E-state index in [9.17, 15) is 0 Å². The molecule has 0 saturated carbocycles. The summed E-state index contributed by atoms with van der Waals surface area (Å²) < 4.78 is 14.8. The fourth-order valence-electron chi connectivity index (χ4n) is 1.20. The van der Waals surface area contributed by atoms with Crippen molar-refractivity contribution in [3.8, 4) is 5.75 Å². The molecule has 6 heteroatoms. The average molecular weight is 257 g/mol. The summed E-state index contributed by atoms with van der Waals surface area (Å²) in [7, 11) is 0. The third kappa shape index (κ3) is 4.62. The number of hydrogen-bond donors (Lipinski definition) is 2. The Morgan fingerprint density at radius 2 is 2.35 bits per heavy atom. The number of ether oxygens (including phenoxy) is 2. The zero-order valence-corrected chi connectivity index (χ0v) is 10.9. The van der Waals surface area contributed by atoms with Gasteiger partial charge in [-0.15, -0.1) is 6.58 Å². The lowest BCUT2D eigenvalue weighted by molar-refractivity contribution is 0.149. The zero-order chi connectivity index (χ0) is 12.5. The van der Waals surface area contributed by atoms with E-state index in [0.717, 1.165) is 11.4 Å². The number of aromatic nitrogens is 1. The van der Waals surface area contributed by atoms with Gasteiger partial charge in [0.25, 0.3) is 0 Å². The quantitative estimate of drug-likeness (QED) is 0.524. The van der Waals surface area contributed by atoms with Crippen LogP contribution in [0.15, 0.2) is 12.7 Å². The monoisotopic (exact) mass is 257 g/mol. The smallest absolute Gasteiger partial charge is 0.197 e. The molecule has 17 heavy (non-hydrogen) atoms. The number of nitrogens with two attached hydrogens (primary N) is 1. The number of nitrogen functional groups attached to an aromatic ring is 1. The van der Waals surface area contributed by atoms with Gasteiger partial charge in [0.05, 0.1) is 19.8 Å². The van der Waals surface area contributed by atoms with Gasteiger partial charge in [-0.05, 0) is 24.9 Å².